The standard InChI is InChI=1S/C19H36N2O2/c1-13-7-6-8-14(2)17(13)20-15-9-11-16(12-10-15)21-18(22)23-19(3,4)5/h13-17,20H,6-12H2,1-5H3,(H,21,22). The highest BCUT2D eigenvalue weighted by Gasteiger charge is 2.31. The molecule has 2 N–H and O–H groups in total. The Kier molecular flexibility index (Phi) is 6.35. The van der Waals surface area contributed by atoms with E-state index in [1.54, 1.807) is 0 Å². The van der Waals surface area contributed by atoms with Gasteiger partial charge < -0.3 is 15.4 Å². The molecule has 2 aliphatic carbocycles. The second-order valence-corrected chi connectivity index (χ2v) is 8.77. The molecule has 0 saturated heterocycles. The van der Waals surface area contributed by atoms with Crippen LogP contribution in [0, 0.1) is 11.8 Å². The molecular formula is C19H36N2O2. The van der Waals surface area contributed by atoms with Gasteiger partial charge in [-0.15, -0.1) is 0 Å². The van der Waals surface area contributed by atoms with Crippen LogP contribution in [0.4, 0.5) is 4.79 Å². The number of nitrogens with one attached hydrogen (secondary N) is 2. The van der Waals surface area contributed by atoms with Crippen LogP contribution in [0.5, 0.6) is 0 Å². The van der Waals surface area contributed by atoms with E-state index in [9.17, 15) is 4.79 Å². The van der Waals surface area contributed by atoms with Gasteiger partial charge in [-0.2, -0.15) is 0 Å². The summed E-state index contributed by atoms with van der Waals surface area (Å²) in [7, 11) is 0. The highest BCUT2D eigenvalue weighted by atomic mass is 16.6. The molecule has 0 aromatic heterocycles. The number of amides is 1. The first-order valence-corrected chi connectivity index (χ1v) is 9.50. The third-order valence-corrected chi connectivity index (χ3v) is 5.42. The highest BCUT2D eigenvalue weighted by molar-refractivity contribution is 5.68. The quantitative estimate of drug-likeness (QED) is 0.816. The molecule has 2 unspecified atom stereocenters. The molecule has 2 atom stereocenters. The third kappa shape index (κ3) is 5.98. The summed E-state index contributed by atoms with van der Waals surface area (Å²) in [5.41, 5.74) is -0.421. The Bertz CT molecular complexity index is 373. The summed E-state index contributed by atoms with van der Waals surface area (Å²) in [4.78, 5) is 11.9. The first-order chi connectivity index (χ1) is 10.7. The van der Waals surface area contributed by atoms with Crippen molar-refractivity contribution in [2.45, 2.75) is 103 Å². The lowest BCUT2D eigenvalue weighted by Crippen LogP contribution is -2.50. The number of carbonyl (C=O) groups excluding carboxylic acids is 1. The van der Waals surface area contributed by atoms with Crippen molar-refractivity contribution in [3.8, 4) is 0 Å². The van der Waals surface area contributed by atoms with Gasteiger partial charge in [-0.1, -0.05) is 20.3 Å². The average molecular weight is 325 g/mol. The van der Waals surface area contributed by atoms with Gasteiger partial charge in [-0.25, -0.2) is 4.79 Å². The fraction of sp³-hybridized carbons (Fsp3) is 0.947. The monoisotopic (exact) mass is 324 g/mol. The van der Waals surface area contributed by atoms with Crippen LogP contribution in [-0.4, -0.2) is 29.8 Å². The van der Waals surface area contributed by atoms with Crippen molar-refractivity contribution in [1.29, 1.82) is 0 Å². The van der Waals surface area contributed by atoms with E-state index in [1.807, 2.05) is 20.8 Å². The number of hydrogen-bond acceptors (Lipinski definition) is 3. The van der Waals surface area contributed by atoms with Crippen LogP contribution in [0.1, 0.15) is 79.6 Å². The van der Waals surface area contributed by atoms with Gasteiger partial charge in [-0.05, 0) is 71.1 Å². The number of ether oxygens (including phenoxy) is 1. The van der Waals surface area contributed by atoms with Gasteiger partial charge in [0.15, 0.2) is 0 Å². The molecule has 23 heavy (non-hydrogen) atoms. The molecule has 2 aliphatic rings. The van der Waals surface area contributed by atoms with Gasteiger partial charge in [0.05, 0.1) is 0 Å². The zero-order valence-corrected chi connectivity index (χ0v) is 15.7. The summed E-state index contributed by atoms with van der Waals surface area (Å²) in [6, 6.07) is 1.55. The van der Waals surface area contributed by atoms with Crippen LogP contribution < -0.4 is 10.6 Å². The lowest BCUT2D eigenvalue weighted by molar-refractivity contribution is 0.0487. The Morgan fingerprint density at radius 2 is 1.43 bits per heavy atom. The minimum Gasteiger partial charge on any atom is -0.444 e. The first-order valence-electron chi connectivity index (χ1n) is 9.50. The first kappa shape index (κ1) is 18.6. The summed E-state index contributed by atoms with van der Waals surface area (Å²) in [5.74, 6) is 1.58. The van der Waals surface area contributed by atoms with Gasteiger partial charge in [0, 0.05) is 18.1 Å². The predicted molar refractivity (Wildman–Crippen MR) is 94.5 cm³/mol. The molecule has 0 heterocycles. The Labute approximate surface area is 142 Å². The zero-order valence-electron chi connectivity index (χ0n) is 15.7. The van der Waals surface area contributed by atoms with Gasteiger partial charge >= 0.3 is 6.09 Å². The van der Waals surface area contributed by atoms with Crippen LogP contribution in [-0.2, 0) is 4.74 Å². The molecule has 0 bridgehead atoms. The Morgan fingerprint density at radius 1 is 0.913 bits per heavy atom. The van der Waals surface area contributed by atoms with E-state index in [0.29, 0.717) is 12.1 Å². The Morgan fingerprint density at radius 3 is 1.96 bits per heavy atom. The van der Waals surface area contributed by atoms with E-state index in [4.69, 9.17) is 4.74 Å². The van der Waals surface area contributed by atoms with Crippen molar-refractivity contribution in [2.75, 3.05) is 0 Å². The van der Waals surface area contributed by atoms with Crippen molar-refractivity contribution in [3.63, 3.8) is 0 Å². The normalized spacial score (nSPS) is 35.6. The van der Waals surface area contributed by atoms with Crippen molar-refractivity contribution in [2.24, 2.45) is 11.8 Å². The van der Waals surface area contributed by atoms with Gasteiger partial charge in [0.2, 0.25) is 0 Å². The van der Waals surface area contributed by atoms with Crippen LogP contribution in [0.3, 0.4) is 0 Å². The Hall–Kier alpha value is -0.770. The molecular weight excluding hydrogens is 288 g/mol. The predicted octanol–water partition coefficient (Wildman–Crippen LogP) is 4.24. The maximum absolute atomic E-state index is 11.9. The molecule has 2 saturated carbocycles. The minimum atomic E-state index is -0.421. The third-order valence-electron chi connectivity index (χ3n) is 5.42. The topological polar surface area (TPSA) is 50.4 Å². The van der Waals surface area contributed by atoms with Crippen molar-refractivity contribution in [1.82, 2.24) is 10.6 Å². The number of carbonyl (C=O) groups is 1. The van der Waals surface area contributed by atoms with Gasteiger partial charge in [0.1, 0.15) is 5.60 Å². The summed E-state index contributed by atoms with van der Waals surface area (Å²) < 4.78 is 5.35. The SMILES string of the molecule is CC1CCCC(C)C1NC1CCC(NC(=O)OC(C)(C)C)CC1. The molecule has 1 amide bonds. The number of rotatable bonds is 3. The van der Waals surface area contributed by atoms with Gasteiger partial charge in [-0.3, -0.25) is 0 Å². The van der Waals surface area contributed by atoms with Crippen LogP contribution in [0.25, 0.3) is 0 Å². The summed E-state index contributed by atoms with van der Waals surface area (Å²) in [6.45, 7) is 10.5. The molecule has 4 nitrogen and oxygen atoms in total. The van der Waals surface area contributed by atoms with E-state index in [-0.39, 0.29) is 12.1 Å². The van der Waals surface area contributed by atoms with E-state index >= 15 is 0 Å². The largest absolute Gasteiger partial charge is 0.444 e. The number of alkyl carbamates (subject to hydrolysis) is 1. The summed E-state index contributed by atoms with van der Waals surface area (Å²) in [6.07, 6.45) is 8.22. The fourth-order valence-corrected chi connectivity index (χ4v) is 4.16. The summed E-state index contributed by atoms with van der Waals surface area (Å²) >= 11 is 0. The molecule has 2 rings (SSSR count). The molecule has 0 radical (unpaired) electrons. The van der Waals surface area contributed by atoms with E-state index in [0.717, 1.165) is 37.5 Å². The average Bonchev–Trinajstić information content (AvgIpc) is 2.43. The van der Waals surface area contributed by atoms with Crippen LogP contribution in [0.15, 0.2) is 0 Å². The highest BCUT2D eigenvalue weighted by Crippen LogP contribution is 2.30. The zero-order chi connectivity index (χ0) is 17.0. The molecule has 4 heteroatoms. The molecule has 0 aromatic rings. The molecule has 0 aromatic carbocycles. The molecule has 134 valence electrons. The molecule has 2 fully saturated rings. The smallest absolute Gasteiger partial charge is 0.407 e. The lowest BCUT2D eigenvalue weighted by atomic mass is 9.77. The Balaban J connectivity index is 1.72. The minimum absolute atomic E-state index is 0.268. The number of hydrogen-bond donors (Lipinski definition) is 2. The van der Waals surface area contributed by atoms with E-state index in [2.05, 4.69) is 24.5 Å². The summed E-state index contributed by atoms with van der Waals surface area (Å²) in [5, 5.41) is 6.95. The van der Waals surface area contributed by atoms with Crippen molar-refractivity contribution in [3.05, 3.63) is 0 Å². The molecule has 0 spiro atoms. The second-order valence-electron chi connectivity index (χ2n) is 8.77. The van der Waals surface area contributed by atoms with E-state index in [1.165, 1.54) is 19.3 Å². The van der Waals surface area contributed by atoms with Crippen LogP contribution >= 0.6 is 0 Å². The van der Waals surface area contributed by atoms with Crippen molar-refractivity contribution < 1.29 is 9.53 Å². The molecule has 0 aliphatic heterocycles. The van der Waals surface area contributed by atoms with E-state index < -0.39 is 5.60 Å². The second kappa shape index (κ2) is 7.87. The fourth-order valence-electron chi connectivity index (χ4n) is 4.16. The van der Waals surface area contributed by atoms with Gasteiger partial charge in [0.25, 0.3) is 0 Å². The lowest BCUT2D eigenvalue weighted by Gasteiger charge is -2.40. The maximum Gasteiger partial charge on any atom is 0.407 e. The van der Waals surface area contributed by atoms with Crippen LogP contribution in [0.2, 0.25) is 0 Å². The maximum atomic E-state index is 11.9. The van der Waals surface area contributed by atoms with Crippen molar-refractivity contribution >= 4 is 6.09 Å².